The standard InChI is InChI=1S/C8H10F2N2O2/c1-13-2-3-14-8-6(10)4-5(9)7(11)12-8/h4H,2-3H2,1H3,(H2,11,12). The molecule has 0 saturated heterocycles. The maximum atomic E-state index is 12.9. The molecule has 0 aromatic carbocycles. The molecule has 0 atom stereocenters. The smallest absolute Gasteiger partial charge is 0.252 e. The number of ether oxygens (including phenoxy) is 2. The van der Waals surface area contributed by atoms with Crippen LogP contribution in [0.25, 0.3) is 0 Å². The molecule has 0 amide bonds. The Morgan fingerprint density at radius 2 is 2.07 bits per heavy atom. The molecule has 1 rings (SSSR count). The molecule has 0 aliphatic heterocycles. The van der Waals surface area contributed by atoms with Crippen molar-refractivity contribution in [3.05, 3.63) is 17.7 Å². The second-order valence-corrected chi connectivity index (χ2v) is 2.48. The van der Waals surface area contributed by atoms with Gasteiger partial charge in [-0.3, -0.25) is 0 Å². The lowest BCUT2D eigenvalue weighted by molar-refractivity contribution is 0.141. The molecule has 0 fully saturated rings. The quantitative estimate of drug-likeness (QED) is 0.742. The van der Waals surface area contributed by atoms with Crippen molar-refractivity contribution in [2.24, 2.45) is 0 Å². The van der Waals surface area contributed by atoms with Crippen LogP contribution in [0.15, 0.2) is 6.07 Å². The number of rotatable bonds is 4. The molecule has 0 spiro atoms. The highest BCUT2D eigenvalue weighted by Gasteiger charge is 2.10. The van der Waals surface area contributed by atoms with E-state index in [2.05, 4.69) is 9.72 Å². The van der Waals surface area contributed by atoms with Crippen LogP contribution in [0.2, 0.25) is 0 Å². The molecule has 2 N–H and O–H groups in total. The molecule has 0 unspecified atom stereocenters. The number of hydrogen-bond acceptors (Lipinski definition) is 4. The number of nitrogens with two attached hydrogens (primary N) is 1. The zero-order valence-electron chi connectivity index (χ0n) is 7.59. The van der Waals surface area contributed by atoms with Gasteiger partial charge >= 0.3 is 0 Å². The summed E-state index contributed by atoms with van der Waals surface area (Å²) in [5, 5.41) is 0. The number of nitrogen functional groups attached to an aromatic ring is 1. The summed E-state index contributed by atoms with van der Waals surface area (Å²) in [5.74, 6) is -2.49. The van der Waals surface area contributed by atoms with Crippen molar-refractivity contribution in [2.45, 2.75) is 0 Å². The molecule has 0 aliphatic rings. The van der Waals surface area contributed by atoms with Crippen LogP contribution in [0.3, 0.4) is 0 Å². The summed E-state index contributed by atoms with van der Waals surface area (Å²) >= 11 is 0. The Balaban J connectivity index is 2.72. The molecule has 1 heterocycles. The van der Waals surface area contributed by atoms with E-state index in [-0.39, 0.29) is 18.3 Å². The first-order valence-corrected chi connectivity index (χ1v) is 3.88. The van der Waals surface area contributed by atoms with Crippen molar-refractivity contribution in [3.8, 4) is 5.88 Å². The Kier molecular flexibility index (Phi) is 3.58. The fourth-order valence-electron chi connectivity index (χ4n) is 0.786. The number of pyridine rings is 1. The molecule has 6 heteroatoms. The fourth-order valence-corrected chi connectivity index (χ4v) is 0.786. The van der Waals surface area contributed by atoms with Crippen LogP contribution in [0.1, 0.15) is 0 Å². The number of halogens is 2. The number of methoxy groups -OCH3 is 1. The van der Waals surface area contributed by atoms with Gasteiger partial charge in [-0.2, -0.15) is 4.98 Å². The normalized spacial score (nSPS) is 10.2. The zero-order chi connectivity index (χ0) is 10.6. The van der Waals surface area contributed by atoms with Crippen molar-refractivity contribution in [3.63, 3.8) is 0 Å². The minimum Gasteiger partial charge on any atom is -0.473 e. The van der Waals surface area contributed by atoms with Gasteiger partial charge in [0.1, 0.15) is 6.61 Å². The van der Waals surface area contributed by atoms with Gasteiger partial charge in [0, 0.05) is 13.2 Å². The van der Waals surface area contributed by atoms with E-state index in [0.717, 1.165) is 0 Å². The van der Waals surface area contributed by atoms with Crippen LogP contribution in [-0.4, -0.2) is 25.3 Å². The number of aromatic nitrogens is 1. The monoisotopic (exact) mass is 204 g/mol. The van der Waals surface area contributed by atoms with Crippen molar-refractivity contribution in [2.75, 3.05) is 26.1 Å². The summed E-state index contributed by atoms with van der Waals surface area (Å²) in [6.45, 7) is 0.421. The van der Waals surface area contributed by atoms with Crippen molar-refractivity contribution >= 4 is 5.82 Å². The molecule has 14 heavy (non-hydrogen) atoms. The number of hydrogen-bond donors (Lipinski definition) is 1. The van der Waals surface area contributed by atoms with Crippen LogP contribution in [0, 0.1) is 11.6 Å². The van der Waals surface area contributed by atoms with Crippen molar-refractivity contribution in [1.82, 2.24) is 4.98 Å². The predicted molar refractivity (Wildman–Crippen MR) is 45.9 cm³/mol. The lowest BCUT2D eigenvalue weighted by Crippen LogP contribution is -2.08. The van der Waals surface area contributed by atoms with E-state index in [0.29, 0.717) is 12.7 Å². The third-order valence-corrected chi connectivity index (χ3v) is 1.45. The SMILES string of the molecule is COCCOc1nc(N)c(F)cc1F. The Hall–Kier alpha value is -1.43. The molecule has 0 radical (unpaired) electrons. The molecule has 0 saturated carbocycles. The van der Waals surface area contributed by atoms with Crippen molar-refractivity contribution < 1.29 is 18.3 Å². The van der Waals surface area contributed by atoms with Crippen LogP contribution in [0.4, 0.5) is 14.6 Å². The highest BCUT2D eigenvalue weighted by Crippen LogP contribution is 2.18. The van der Waals surface area contributed by atoms with Gasteiger partial charge in [-0.25, -0.2) is 8.78 Å². The first-order valence-electron chi connectivity index (χ1n) is 3.88. The second-order valence-electron chi connectivity index (χ2n) is 2.48. The maximum absolute atomic E-state index is 12.9. The van der Waals surface area contributed by atoms with Gasteiger partial charge in [0.15, 0.2) is 17.5 Å². The molecular formula is C8H10F2N2O2. The lowest BCUT2D eigenvalue weighted by atomic mass is 10.4. The third-order valence-electron chi connectivity index (χ3n) is 1.45. The highest BCUT2D eigenvalue weighted by atomic mass is 19.1. The summed E-state index contributed by atoms with van der Waals surface area (Å²) in [4.78, 5) is 3.39. The minimum absolute atomic E-state index is 0.130. The van der Waals surface area contributed by atoms with E-state index in [1.165, 1.54) is 7.11 Å². The summed E-state index contributed by atoms with van der Waals surface area (Å²) in [7, 11) is 1.48. The Morgan fingerprint density at radius 3 is 2.71 bits per heavy atom. The second kappa shape index (κ2) is 4.71. The van der Waals surface area contributed by atoms with Gasteiger partial charge in [0.25, 0.3) is 5.88 Å². The summed E-state index contributed by atoms with van der Waals surface area (Å²) < 4.78 is 35.1. The molecule has 0 aliphatic carbocycles. The van der Waals surface area contributed by atoms with E-state index >= 15 is 0 Å². The molecule has 78 valence electrons. The van der Waals surface area contributed by atoms with Crippen LogP contribution >= 0.6 is 0 Å². The fraction of sp³-hybridized carbons (Fsp3) is 0.375. The summed E-state index contributed by atoms with van der Waals surface area (Å²) in [5.41, 5.74) is 5.13. The highest BCUT2D eigenvalue weighted by molar-refractivity contribution is 5.34. The number of anilines is 1. The van der Waals surface area contributed by atoms with Gasteiger partial charge in [0.05, 0.1) is 6.61 Å². The molecule has 0 bridgehead atoms. The average Bonchev–Trinajstić information content (AvgIpc) is 2.14. The van der Waals surface area contributed by atoms with Crippen LogP contribution in [0.5, 0.6) is 5.88 Å². The number of nitrogens with zero attached hydrogens (tertiary/aromatic N) is 1. The largest absolute Gasteiger partial charge is 0.473 e. The van der Waals surface area contributed by atoms with Gasteiger partial charge in [-0.15, -0.1) is 0 Å². The predicted octanol–water partition coefficient (Wildman–Crippen LogP) is 0.967. The van der Waals surface area contributed by atoms with E-state index in [9.17, 15) is 8.78 Å². The van der Waals surface area contributed by atoms with Gasteiger partial charge in [-0.05, 0) is 0 Å². The van der Waals surface area contributed by atoms with Gasteiger partial charge < -0.3 is 15.2 Å². The van der Waals surface area contributed by atoms with E-state index in [1.807, 2.05) is 0 Å². The Morgan fingerprint density at radius 1 is 1.36 bits per heavy atom. The Labute approximate surface area is 79.6 Å². The average molecular weight is 204 g/mol. The van der Waals surface area contributed by atoms with Gasteiger partial charge in [-0.1, -0.05) is 0 Å². The molecular weight excluding hydrogens is 194 g/mol. The maximum Gasteiger partial charge on any atom is 0.252 e. The van der Waals surface area contributed by atoms with E-state index < -0.39 is 11.6 Å². The third kappa shape index (κ3) is 2.53. The van der Waals surface area contributed by atoms with Crippen LogP contribution < -0.4 is 10.5 Å². The summed E-state index contributed by atoms with van der Waals surface area (Å²) in [6.07, 6.45) is 0. The zero-order valence-corrected chi connectivity index (χ0v) is 7.59. The first-order chi connectivity index (χ1) is 6.65. The Bertz CT molecular complexity index is 320. The van der Waals surface area contributed by atoms with Crippen LogP contribution in [-0.2, 0) is 4.74 Å². The molecule has 1 aromatic rings. The van der Waals surface area contributed by atoms with E-state index in [1.54, 1.807) is 0 Å². The summed E-state index contributed by atoms with van der Waals surface area (Å²) in [6, 6.07) is 0.629. The minimum atomic E-state index is -0.901. The van der Waals surface area contributed by atoms with Gasteiger partial charge in [0.2, 0.25) is 0 Å². The van der Waals surface area contributed by atoms with Crippen molar-refractivity contribution in [1.29, 1.82) is 0 Å². The van der Waals surface area contributed by atoms with E-state index in [4.69, 9.17) is 10.5 Å². The lowest BCUT2D eigenvalue weighted by Gasteiger charge is -2.06. The molecule has 4 nitrogen and oxygen atoms in total. The topological polar surface area (TPSA) is 57.4 Å². The molecule has 1 aromatic heterocycles. The first kappa shape index (κ1) is 10.6.